The third-order valence-electron chi connectivity index (χ3n) is 5.93. The molecule has 1 aromatic rings. The maximum absolute atomic E-state index is 13.2. The van der Waals surface area contributed by atoms with Crippen LogP contribution in [0.2, 0.25) is 5.02 Å². The minimum absolute atomic E-state index is 0.0419. The van der Waals surface area contributed by atoms with E-state index >= 15 is 0 Å². The van der Waals surface area contributed by atoms with Crippen molar-refractivity contribution in [3.63, 3.8) is 0 Å². The van der Waals surface area contributed by atoms with Crippen LogP contribution >= 0.6 is 11.6 Å². The summed E-state index contributed by atoms with van der Waals surface area (Å²) < 4.78 is 36.7. The van der Waals surface area contributed by atoms with Crippen LogP contribution in [0.4, 0.5) is 4.39 Å². The summed E-state index contributed by atoms with van der Waals surface area (Å²) in [5.74, 6) is -0.883. The van der Waals surface area contributed by atoms with Crippen molar-refractivity contribution in [2.75, 3.05) is 37.7 Å². The summed E-state index contributed by atoms with van der Waals surface area (Å²) in [6.45, 7) is 2.85. The maximum Gasteiger partial charge on any atom is 0.270 e. The molecule has 2 saturated heterocycles. The van der Waals surface area contributed by atoms with Crippen molar-refractivity contribution in [3.8, 4) is 0 Å². The molecule has 31 heavy (non-hydrogen) atoms. The largest absolute Gasteiger partial charge is 0.335 e. The first kappa shape index (κ1) is 22.2. The van der Waals surface area contributed by atoms with Gasteiger partial charge in [-0.25, -0.2) is 17.8 Å². The number of piperazine rings is 1. The van der Waals surface area contributed by atoms with E-state index in [4.69, 9.17) is 11.6 Å². The number of hydrogen-bond acceptors (Lipinski definition) is 6. The van der Waals surface area contributed by atoms with Crippen LogP contribution in [0, 0.1) is 5.82 Å². The SMILES string of the molecule is O=C(C1=NN(C2CCS(=O)(=O)C2)C(=O)CC1)N1CCN(Cc2ccc(F)cc2Cl)CC1. The Morgan fingerprint density at radius 1 is 1.19 bits per heavy atom. The van der Waals surface area contributed by atoms with E-state index in [1.165, 1.54) is 17.1 Å². The highest BCUT2D eigenvalue weighted by atomic mass is 35.5. The van der Waals surface area contributed by atoms with Gasteiger partial charge in [-0.3, -0.25) is 14.5 Å². The van der Waals surface area contributed by atoms with Gasteiger partial charge in [-0.05, 0) is 24.1 Å². The summed E-state index contributed by atoms with van der Waals surface area (Å²) in [7, 11) is -3.16. The zero-order valence-electron chi connectivity index (χ0n) is 17.0. The van der Waals surface area contributed by atoms with Gasteiger partial charge in [0.2, 0.25) is 5.91 Å². The highest BCUT2D eigenvalue weighted by Crippen LogP contribution is 2.23. The van der Waals surface area contributed by atoms with E-state index < -0.39 is 15.9 Å². The Morgan fingerprint density at radius 3 is 2.58 bits per heavy atom. The van der Waals surface area contributed by atoms with Crippen molar-refractivity contribution >= 4 is 39.0 Å². The zero-order valence-corrected chi connectivity index (χ0v) is 18.5. The van der Waals surface area contributed by atoms with Gasteiger partial charge in [0, 0.05) is 50.6 Å². The van der Waals surface area contributed by atoms with Gasteiger partial charge >= 0.3 is 0 Å². The molecule has 2 fully saturated rings. The van der Waals surface area contributed by atoms with E-state index in [1.54, 1.807) is 11.0 Å². The second kappa shape index (κ2) is 8.84. The number of rotatable bonds is 4. The molecule has 168 valence electrons. The molecule has 0 aliphatic carbocycles. The predicted octanol–water partition coefficient (Wildman–Crippen LogP) is 1.29. The normalized spacial score (nSPS) is 24.4. The van der Waals surface area contributed by atoms with Crippen LogP contribution in [0.15, 0.2) is 23.3 Å². The average molecular weight is 471 g/mol. The van der Waals surface area contributed by atoms with Gasteiger partial charge in [-0.15, -0.1) is 0 Å². The monoisotopic (exact) mass is 470 g/mol. The van der Waals surface area contributed by atoms with E-state index in [0.29, 0.717) is 49.9 Å². The predicted molar refractivity (Wildman–Crippen MR) is 114 cm³/mol. The summed E-state index contributed by atoms with van der Waals surface area (Å²) >= 11 is 6.11. The molecule has 0 bridgehead atoms. The molecule has 0 radical (unpaired) electrons. The van der Waals surface area contributed by atoms with Crippen LogP contribution < -0.4 is 0 Å². The second-order valence-electron chi connectivity index (χ2n) is 8.15. The van der Waals surface area contributed by atoms with E-state index in [1.807, 2.05) is 0 Å². The van der Waals surface area contributed by atoms with Crippen molar-refractivity contribution < 1.29 is 22.4 Å². The minimum Gasteiger partial charge on any atom is -0.335 e. The van der Waals surface area contributed by atoms with E-state index in [-0.39, 0.29) is 42.0 Å². The van der Waals surface area contributed by atoms with Crippen LogP contribution in [0.5, 0.6) is 0 Å². The Bertz CT molecular complexity index is 1020. The van der Waals surface area contributed by atoms with Crippen LogP contribution in [0.25, 0.3) is 0 Å². The number of carbonyl (C=O) groups is 2. The van der Waals surface area contributed by atoms with Crippen molar-refractivity contribution in [3.05, 3.63) is 34.6 Å². The third-order valence-corrected chi connectivity index (χ3v) is 8.03. The molecule has 1 aromatic carbocycles. The third kappa shape index (κ3) is 5.07. The van der Waals surface area contributed by atoms with Gasteiger partial charge < -0.3 is 4.90 Å². The van der Waals surface area contributed by atoms with E-state index in [2.05, 4.69) is 10.0 Å². The topological polar surface area (TPSA) is 90.4 Å². The molecule has 1 unspecified atom stereocenters. The molecule has 8 nitrogen and oxygen atoms in total. The van der Waals surface area contributed by atoms with Crippen molar-refractivity contribution in [1.29, 1.82) is 0 Å². The summed E-state index contributed by atoms with van der Waals surface area (Å²) in [6, 6.07) is 3.85. The molecule has 0 saturated carbocycles. The summed E-state index contributed by atoms with van der Waals surface area (Å²) in [6.07, 6.45) is 0.771. The Hall–Kier alpha value is -2.04. The minimum atomic E-state index is -3.16. The van der Waals surface area contributed by atoms with Crippen molar-refractivity contribution in [2.24, 2.45) is 5.10 Å². The van der Waals surface area contributed by atoms with Gasteiger partial charge in [0.05, 0.1) is 17.5 Å². The number of hydrazone groups is 1. The highest BCUT2D eigenvalue weighted by molar-refractivity contribution is 7.91. The Balaban J connectivity index is 1.36. The quantitative estimate of drug-likeness (QED) is 0.661. The standard InChI is InChI=1S/C20H24ClFN4O4S/c21-17-11-15(22)2-1-14(17)12-24-6-8-25(9-7-24)20(28)18-3-4-19(27)26(23-18)16-5-10-31(29,30)13-16/h1-2,11,16H,3-10,12-13H2. The first-order valence-corrected chi connectivity index (χ1v) is 12.5. The number of amides is 2. The molecular weight excluding hydrogens is 447 g/mol. The Morgan fingerprint density at radius 2 is 1.94 bits per heavy atom. The van der Waals surface area contributed by atoms with E-state index in [0.717, 1.165) is 5.56 Å². The average Bonchev–Trinajstić information content (AvgIpc) is 3.10. The molecule has 3 heterocycles. The summed E-state index contributed by atoms with van der Waals surface area (Å²) in [5.41, 5.74) is 1.14. The smallest absolute Gasteiger partial charge is 0.270 e. The number of sulfone groups is 1. The van der Waals surface area contributed by atoms with Crippen molar-refractivity contribution in [2.45, 2.75) is 31.8 Å². The van der Waals surface area contributed by atoms with Gasteiger partial charge in [0.25, 0.3) is 5.91 Å². The van der Waals surface area contributed by atoms with Gasteiger partial charge in [-0.2, -0.15) is 5.10 Å². The molecule has 3 aliphatic rings. The molecule has 3 aliphatic heterocycles. The number of carbonyl (C=O) groups excluding carboxylic acids is 2. The Kier molecular flexibility index (Phi) is 6.32. The molecule has 0 spiro atoms. The van der Waals surface area contributed by atoms with Crippen LogP contribution in [-0.2, 0) is 26.0 Å². The first-order chi connectivity index (χ1) is 14.7. The maximum atomic E-state index is 13.2. The molecule has 1 atom stereocenters. The summed E-state index contributed by atoms with van der Waals surface area (Å²) in [5, 5.41) is 5.87. The molecular formula is C20H24ClFN4O4S. The number of benzene rings is 1. The second-order valence-corrected chi connectivity index (χ2v) is 10.8. The lowest BCUT2D eigenvalue weighted by atomic mass is 10.1. The molecule has 2 amide bonds. The Labute approximate surface area is 185 Å². The van der Waals surface area contributed by atoms with E-state index in [9.17, 15) is 22.4 Å². The fourth-order valence-electron chi connectivity index (χ4n) is 4.16. The lowest BCUT2D eigenvalue weighted by Crippen LogP contribution is -2.51. The fourth-order valence-corrected chi connectivity index (χ4v) is 6.08. The van der Waals surface area contributed by atoms with Gasteiger partial charge in [-0.1, -0.05) is 17.7 Å². The molecule has 0 N–H and O–H groups in total. The van der Waals surface area contributed by atoms with Gasteiger partial charge in [0.1, 0.15) is 11.5 Å². The lowest BCUT2D eigenvalue weighted by Gasteiger charge is -2.36. The molecule has 11 heteroatoms. The number of halogens is 2. The molecule has 0 aromatic heterocycles. The number of nitrogens with zero attached hydrogens (tertiary/aromatic N) is 4. The molecule has 4 rings (SSSR count). The highest BCUT2D eigenvalue weighted by Gasteiger charge is 2.38. The zero-order chi connectivity index (χ0) is 22.2. The van der Waals surface area contributed by atoms with Crippen LogP contribution in [-0.4, -0.2) is 84.5 Å². The fraction of sp³-hybridized carbons (Fsp3) is 0.550. The number of hydrogen-bond donors (Lipinski definition) is 0. The van der Waals surface area contributed by atoms with Crippen molar-refractivity contribution in [1.82, 2.24) is 14.8 Å². The lowest BCUT2D eigenvalue weighted by molar-refractivity contribution is -0.134. The first-order valence-electron chi connectivity index (χ1n) is 10.3. The van der Waals surface area contributed by atoms with Crippen LogP contribution in [0.1, 0.15) is 24.8 Å². The van der Waals surface area contributed by atoms with Crippen LogP contribution in [0.3, 0.4) is 0 Å². The van der Waals surface area contributed by atoms with Gasteiger partial charge in [0.15, 0.2) is 9.84 Å². The summed E-state index contributed by atoms with van der Waals surface area (Å²) in [4.78, 5) is 29.1.